The van der Waals surface area contributed by atoms with Crippen LogP contribution in [-0.4, -0.2) is 127 Å². The Morgan fingerprint density at radius 1 is 0.596 bits per heavy atom. The van der Waals surface area contributed by atoms with Crippen LogP contribution in [0.25, 0.3) is 21.8 Å². The van der Waals surface area contributed by atoms with Crippen molar-refractivity contribution in [2.75, 3.05) is 22.9 Å². The third kappa shape index (κ3) is 18.5. The van der Waals surface area contributed by atoms with E-state index in [4.69, 9.17) is 12.8 Å². The van der Waals surface area contributed by atoms with Gasteiger partial charge in [-0.2, -0.15) is 0 Å². The summed E-state index contributed by atoms with van der Waals surface area (Å²) >= 11 is 0. The van der Waals surface area contributed by atoms with E-state index >= 15 is 0 Å². The van der Waals surface area contributed by atoms with Gasteiger partial charge in [0.05, 0.1) is 47.0 Å². The molecule has 0 radical (unpaired) electrons. The van der Waals surface area contributed by atoms with Gasteiger partial charge in [-0.25, -0.2) is 19.6 Å². The molecule has 2 heterocycles. The maximum atomic E-state index is 13.0. The number of rotatable bonds is 29. The minimum absolute atomic E-state index is 0.0103. The number of nitrogens with zero attached hydrogens (tertiary/aromatic N) is 4. The van der Waals surface area contributed by atoms with Crippen molar-refractivity contribution in [1.82, 2.24) is 30.6 Å². The van der Waals surface area contributed by atoms with Crippen molar-refractivity contribution in [2.24, 2.45) is 0 Å². The molecule has 470 valence electrons. The molecule has 89 heavy (non-hydrogen) atoms. The Balaban J connectivity index is 0.000000254. The number of aromatic nitrogens is 4. The van der Waals surface area contributed by atoms with E-state index < -0.39 is 52.5 Å². The molecule has 10 N–H and O–H groups in total. The average Bonchev–Trinajstić information content (AvgIpc) is 1.82. The van der Waals surface area contributed by atoms with Gasteiger partial charge in [0.15, 0.2) is 16.6 Å². The van der Waals surface area contributed by atoms with E-state index in [2.05, 4.69) is 42.4 Å². The van der Waals surface area contributed by atoms with Gasteiger partial charge in [0.1, 0.15) is 48.5 Å². The van der Waals surface area contributed by atoms with E-state index in [1.165, 1.54) is 0 Å². The first-order valence-electron chi connectivity index (χ1n) is 29.8. The number of benzene rings is 4. The second-order valence-corrected chi connectivity index (χ2v) is 32.2. The second kappa shape index (κ2) is 30.5. The number of terminal acetylenes is 2. The van der Waals surface area contributed by atoms with E-state index in [0.29, 0.717) is 53.2 Å². The van der Waals surface area contributed by atoms with Crippen molar-refractivity contribution in [1.29, 1.82) is 0 Å². The first-order chi connectivity index (χ1) is 42.3. The zero-order chi connectivity index (χ0) is 64.7. The van der Waals surface area contributed by atoms with Crippen LogP contribution >= 0.6 is 0 Å². The smallest absolute Gasteiger partial charge is 0.326 e. The SMILES string of the molecule is C#CCN(c1ccc(C(=O)N[C@@H](CCC(=O)CCCC[Si](C)(C)O)C(=O)O)cc1)[C@H]1CCc2cc3nc(CO)[nH]c(=O)c3cc21.C#CCN(c1ccc(C(=O)N[C@@H](CCC(=O)CCC[Si](C)(C)O)C(=O)O)cc1)[C@H]1CCc2cc3nc(CO)[nH]c(=O)c3cc21. The molecule has 0 fully saturated rings. The number of aryl methyl sites for hydroxylation is 2. The molecule has 0 saturated heterocycles. The Hall–Kier alpha value is -8.63. The number of Topliss-reactive ketones (excluding diaryl/α,β-unsaturated/α-hetero) is 2. The third-order valence-corrected chi connectivity index (χ3v) is 19.1. The Bertz CT molecular complexity index is 3790. The zero-order valence-corrected chi connectivity index (χ0v) is 52.6. The van der Waals surface area contributed by atoms with Gasteiger partial charge < -0.3 is 60.4 Å². The van der Waals surface area contributed by atoms with Crippen LogP contribution in [-0.2, 0) is 45.2 Å². The lowest BCUT2D eigenvalue weighted by molar-refractivity contribution is -0.140. The van der Waals surface area contributed by atoms with Crippen LogP contribution in [0, 0.1) is 24.7 Å². The number of aliphatic hydroxyl groups is 2. The summed E-state index contributed by atoms with van der Waals surface area (Å²) in [5.41, 5.74) is 6.43. The molecule has 24 heteroatoms. The van der Waals surface area contributed by atoms with Crippen LogP contribution < -0.4 is 31.6 Å². The number of aliphatic hydroxyl groups excluding tert-OH is 2. The molecule has 2 aliphatic carbocycles. The molecule has 2 amide bonds. The van der Waals surface area contributed by atoms with Gasteiger partial charge in [0, 0.05) is 48.2 Å². The van der Waals surface area contributed by atoms with Gasteiger partial charge >= 0.3 is 11.9 Å². The highest BCUT2D eigenvalue weighted by molar-refractivity contribution is 6.70. The number of ketones is 2. The van der Waals surface area contributed by atoms with E-state index in [-0.39, 0.29) is 116 Å². The van der Waals surface area contributed by atoms with Crippen LogP contribution in [0.3, 0.4) is 0 Å². The number of H-pyrrole nitrogens is 2. The molecule has 0 saturated carbocycles. The zero-order valence-electron chi connectivity index (χ0n) is 50.6. The maximum absolute atomic E-state index is 13.0. The lowest BCUT2D eigenvalue weighted by atomic mass is 10.0. The molecule has 0 aliphatic heterocycles. The van der Waals surface area contributed by atoms with Crippen LogP contribution in [0.1, 0.15) is 137 Å². The van der Waals surface area contributed by atoms with Crippen LogP contribution in [0.2, 0.25) is 38.3 Å². The summed E-state index contributed by atoms with van der Waals surface area (Å²) < 4.78 is 0. The molecule has 0 spiro atoms. The first kappa shape index (κ1) is 67.9. The van der Waals surface area contributed by atoms with E-state index in [1.54, 1.807) is 61.6 Å². The summed E-state index contributed by atoms with van der Waals surface area (Å²) in [6, 6.07) is 19.5. The van der Waals surface area contributed by atoms with Crippen molar-refractivity contribution in [2.45, 2.75) is 159 Å². The average molecular weight is 1250 g/mol. The topological polar surface area (TPSA) is 346 Å². The summed E-state index contributed by atoms with van der Waals surface area (Å²) in [6.07, 6.45) is 17.0. The fraction of sp³-hybridized carbons (Fsp3) is 0.415. The minimum atomic E-state index is -2.24. The Morgan fingerprint density at radius 3 is 1.34 bits per heavy atom. The number of carboxylic acids is 2. The maximum Gasteiger partial charge on any atom is 0.326 e. The van der Waals surface area contributed by atoms with Crippen LogP contribution in [0.4, 0.5) is 11.4 Å². The number of hydrogen-bond acceptors (Lipinski definition) is 16. The summed E-state index contributed by atoms with van der Waals surface area (Å²) in [5, 5.41) is 44.0. The van der Waals surface area contributed by atoms with Crippen molar-refractivity contribution in [3.8, 4) is 24.7 Å². The van der Waals surface area contributed by atoms with Crippen molar-refractivity contribution in [3.05, 3.63) is 139 Å². The summed E-state index contributed by atoms with van der Waals surface area (Å²) in [6.45, 7) is 7.14. The molecular weight excluding hydrogens is 1170 g/mol. The lowest BCUT2D eigenvalue weighted by Gasteiger charge is -2.30. The van der Waals surface area contributed by atoms with Crippen LogP contribution in [0.5, 0.6) is 0 Å². The predicted molar refractivity (Wildman–Crippen MR) is 342 cm³/mol. The number of unbranched alkanes of at least 4 members (excludes halogenated alkanes) is 1. The van der Waals surface area contributed by atoms with Gasteiger partial charge in [0.2, 0.25) is 0 Å². The monoisotopic (exact) mass is 1250 g/mol. The molecule has 0 unspecified atom stereocenters. The highest BCUT2D eigenvalue weighted by Crippen LogP contribution is 2.41. The van der Waals surface area contributed by atoms with Gasteiger partial charge in [-0.3, -0.25) is 28.8 Å². The number of anilines is 2. The fourth-order valence-corrected chi connectivity index (χ4v) is 13.5. The van der Waals surface area contributed by atoms with Gasteiger partial charge in [-0.15, -0.1) is 12.8 Å². The minimum Gasteiger partial charge on any atom is -0.480 e. The fourth-order valence-electron chi connectivity index (χ4n) is 11.4. The molecule has 4 aromatic carbocycles. The van der Waals surface area contributed by atoms with Crippen molar-refractivity contribution < 1.29 is 58.8 Å². The molecule has 22 nitrogen and oxygen atoms in total. The van der Waals surface area contributed by atoms with Gasteiger partial charge in [-0.1, -0.05) is 18.3 Å². The van der Waals surface area contributed by atoms with Crippen molar-refractivity contribution >= 4 is 85.1 Å². The quantitative estimate of drug-likeness (QED) is 0.0136. The highest BCUT2D eigenvalue weighted by Gasteiger charge is 2.32. The lowest BCUT2D eigenvalue weighted by Crippen LogP contribution is -2.41. The largest absolute Gasteiger partial charge is 0.480 e. The summed E-state index contributed by atoms with van der Waals surface area (Å²) in [4.78, 5) is 137. The van der Waals surface area contributed by atoms with Gasteiger partial charge in [-0.05, 0) is 185 Å². The Kier molecular flexibility index (Phi) is 23.3. The first-order valence-corrected chi connectivity index (χ1v) is 36.1. The Morgan fingerprint density at radius 2 is 0.978 bits per heavy atom. The van der Waals surface area contributed by atoms with Gasteiger partial charge in [0.25, 0.3) is 22.9 Å². The van der Waals surface area contributed by atoms with E-state index in [0.717, 1.165) is 65.7 Å². The standard InChI is InChI=1S/C33H40N4O7Si.C32H38N4O7Si/c1-4-16-37(29-15-10-22-18-28-26(19-25(22)29)32(41)36-30(20-38)34-28)23-11-8-21(9-12-23)31(40)35-27(33(42)43)14-13-24(39)7-5-6-17-45(2,3)44;1-4-15-36(28-14-9-21-17-27-25(18-24(21)28)31(40)35-29(19-37)33-27)22-10-7-20(8-11-22)30(39)34-26(32(41)42)13-12-23(38)6-5-16-44(2,3)43/h1,8-9,11-12,18-19,27,29,38,44H,5-7,10,13-17,20H2,2-3H3,(H,35,40)(H,42,43)(H,34,36,41);1,7-8,10-11,17-18,26,28,37,43H,5-6,9,12-16,19H2,2-3H3,(H,34,39)(H,41,42)(H,33,35,40)/t27-,29-;26-,28-/m00/s1. The molecular formula is C65H78N8O14Si2. The molecule has 2 aliphatic rings. The number of aromatic amines is 2. The van der Waals surface area contributed by atoms with E-state index in [9.17, 15) is 68.4 Å². The number of aliphatic carboxylic acids is 2. The number of carbonyl (C=O) groups is 6. The van der Waals surface area contributed by atoms with E-state index in [1.807, 2.05) is 47.2 Å². The number of carboxylic acid groups (broad SMARTS) is 2. The number of hydrogen-bond donors (Lipinski definition) is 10. The molecule has 0 bridgehead atoms. The van der Waals surface area contributed by atoms with Crippen molar-refractivity contribution in [3.63, 3.8) is 0 Å². The normalized spacial score (nSPS) is 14.9. The van der Waals surface area contributed by atoms with Crippen LogP contribution in [0.15, 0.2) is 82.4 Å². The predicted octanol–water partition coefficient (Wildman–Crippen LogP) is 6.49. The number of nitrogens with one attached hydrogen (secondary N) is 4. The number of amides is 2. The molecule has 8 rings (SSSR count). The molecule has 6 aromatic rings. The number of carbonyl (C=O) groups excluding carboxylic acids is 4. The molecule has 4 atom stereocenters. The number of fused-ring (bicyclic) bond motifs is 4. The second-order valence-electron chi connectivity index (χ2n) is 23.9. The summed E-state index contributed by atoms with van der Waals surface area (Å²) in [7, 11) is -4.39. The third-order valence-electron chi connectivity index (χ3n) is 16.0. The Labute approximate surface area is 517 Å². The highest BCUT2D eigenvalue weighted by atomic mass is 28.4. The molecule has 2 aromatic heterocycles. The summed E-state index contributed by atoms with van der Waals surface area (Å²) in [5.74, 6) is 2.07.